The van der Waals surface area contributed by atoms with E-state index >= 15 is 0 Å². The maximum atomic E-state index is 12.1. The van der Waals surface area contributed by atoms with Gasteiger partial charge in [0.05, 0.1) is 5.25 Å². The average Bonchev–Trinajstić information content (AvgIpc) is 3.03. The SMILES string of the molecule is CNS(=O)(=O)C1CCN(C(=O)NCc2ccc(OC(F)(F)F)cc2)C1. The fraction of sp³-hybridized carbons (Fsp3) is 0.500. The van der Waals surface area contributed by atoms with Crippen molar-refractivity contribution in [3.63, 3.8) is 0 Å². The lowest BCUT2D eigenvalue weighted by Crippen LogP contribution is -2.40. The first-order valence-corrected chi connectivity index (χ1v) is 8.95. The number of carbonyl (C=O) groups excluding carboxylic acids is 1. The smallest absolute Gasteiger partial charge is 0.406 e. The van der Waals surface area contributed by atoms with Crippen LogP contribution in [-0.2, 0) is 16.6 Å². The van der Waals surface area contributed by atoms with Gasteiger partial charge in [-0.05, 0) is 31.2 Å². The molecule has 0 bridgehead atoms. The Bertz CT molecular complexity index is 707. The van der Waals surface area contributed by atoms with E-state index in [0.717, 1.165) is 12.1 Å². The van der Waals surface area contributed by atoms with Gasteiger partial charge in [-0.25, -0.2) is 17.9 Å². The molecule has 1 aromatic rings. The molecule has 2 N–H and O–H groups in total. The molecule has 1 unspecified atom stereocenters. The lowest BCUT2D eigenvalue weighted by atomic mass is 10.2. The number of ether oxygens (including phenoxy) is 1. The van der Waals surface area contributed by atoms with Gasteiger partial charge in [0.25, 0.3) is 0 Å². The van der Waals surface area contributed by atoms with Crippen LogP contribution < -0.4 is 14.8 Å². The highest BCUT2D eigenvalue weighted by atomic mass is 32.2. The predicted octanol–water partition coefficient (Wildman–Crippen LogP) is 1.42. The zero-order chi connectivity index (χ0) is 18.7. The number of benzene rings is 1. The molecule has 25 heavy (non-hydrogen) atoms. The molecule has 1 heterocycles. The number of rotatable bonds is 5. The van der Waals surface area contributed by atoms with Crippen LogP contribution in [0.15, 0.2) is 24.3 Å². The van der Waals surface area contributed by atoms with Crippen molar-refractivity contribution in [2.24, 2.45) is 0 Å². The number of hydrogen-bond acceptors (Lipinski definition) is 4. The molecule has 2 amide bonds. The Morgan fingerprint density at radius 2 is 1.96 bits per heavy atom. The summed E-state index contributed by atoms with van der Waals surface area (Å²) < 4.78 is 65.7. The lowest BCUT2D eigenvalue weighted by molar-refractivity contribution is -0.274. The first kappa shape index (κ1) is 19.3. The van der Waals surface area contributed by atoms with Crippen molar-refractivity contribution in [3.8, 4) is 5.75 Å². The quantitative estimate of drug-likeness (QED) is 0.808. The van der Waals surface area contributed by atoms with Crippen LogP contribution in [0.2, 0.25) is 0 Å². The molecule has 7 nitrogen and oxygen atoms in total. The zero-order valence-electron chi connectivity index (χ0n) is 13.3. The van der Waals surface area contributed by atoms with Gasteiger partial charge in [-0.15, -0.1) is 13.2 Å². The topological polar surface area (TPSA) is 87.7 Å². The molecule has 1 aliphatic rings. The van der Waals surface area contributed by atoms with Gasteiger partial charge < -0.3 is 15.0 Å². The standard InChI is InChI=1S/C14H18F3N3O4S/c1-18-25(22,23)12-6-7-20(9-12)13(21)19-8-10-2-4-11(5-3-10)24-14(15,16)17/h2-5,12,18H,6-9H2,1H3,(H,19,21). The molecule has 11 heteroatoms. The second-order valence-corrected chi connectivity index (χ2v) is 7.62. The van der Waals surface area contributed by atoms with E-state index in [9.17, 15) is 26.4 Å². The first-order valence-electron chi connectivity index (χ1n) is 7.40. The van der Waals surface area contributed by atoms with Gasteiger partial charge in [0.2, 0.25) is 10.0 Å². The Hall–Kier alpha value is -2.01. The van der Waals surface area contributed by atoms with Crippen LogP contribution >= 0.6 is 0 Å². The molecule has 0 spiro atoms. The van der Waals surface area contributed by atoms with Gasteiger partial charge in [-0.3, -0.25) is 0 Å². The summed E-state index contributed by atoms with van der Waals surface area (Å²) in [6, 6.07) is 4.68. The van der Waals surface area contributed by atoms with Gasteiger partial charge in [0.15, 0.2) is 0 Å². The number of sulfonamides is 1. The minimum atomic E-state index is -4.75. The van der Waals surface area contributed by atoms with E-state index in [1.165, 1.54) is 24.1 Å². The molecule has 0 aromatic heterocycles. The Kier molecular flexibility index (Phi) is 5.78. The fourth-order valence-corrected chi connectivity index (χ4v) is 3.56. The summed E-state index contributed by atoms with van der Waals surface area (Å²) in [5, 5.41) is 1.96. The van der Waals surface area contributed by atoms with Gasteiger partial charge in [0, 0.05) is 19.6 Å². The number of carbonyl (C=O) groups is 1. The van der Waals surface area contributed by atoms with Crippen molar-refractivity contribution in [1.82, 2.24) is 14.9 Å². The Morgan fingerprint density at radius 1 is 1.32 bits per heavy atom. The molecule has 0 aliphatic carbocycles. The number of likely N-dealkylation sites (tertiary alicyclic amines) is 1. The second kappa shape index (κ2) is 7.48. The molecule has 1 saturated heterocycles. The maximum Gasteiger partial charge on any atom is 0.573 e. The minimum absolute atomic E-state index is 0.0906. The number of urea groups is 1. The van der Waals surface area contributed by atoms with Crippen molar-refractivity contribution in [3.05, 3.63) is 29.8 Å². The largest absolute Gasteiger partial charge is 0.573 e. The van der Waals surface area contributed by atoms with Crippen LogP contribution in [0.25, 0.3) is 0 Å². The van der Waals surface area contributed by atoms with Crippen LogP contribution in [0.4, 0.5) is 18.0 Å². The Labute approximate surface area is 143 Å². The molecule has 2 rings (SSSR count). The van der Waals surface area contributed by atoms with Crippen molar-refractivity contribution in [2.45, 2.75) is 24.6 Å². The third-order valence-corrected chi connectivity index (χ3v) is 5.59. The minimum Gasteiger partial charge on any atom is -0.406 e. The number of halogens is 3. The van der Waals surface area contributed by atoms with E-state index in [4.69, 9.17) is 0 Å². The van der Waals surface area contributed by atoms with Gasteiger partial charge in [-0.2, -0.15) is 0 Å². The van der Waals surface area contributed by atoms with E-state index in [2.05, 4.69) is 14.8 Å². The summed E-state index contributed by atoms with van der Waals surface area (Å²) in [6.45, 7) is 0.508. The highest BCUT2D eigenvalue weighted by Gasteiger charge is 2.34. The molecule has 1 atom stereocenters. The predicted molar refractivity (Wildman–Crippen MR) is 83.3 cm³/mol. The zero-order valence-corrected chi connectivity index (χ0v) is 14.2. The fourth-order valence-electron chi connectivity index (χ4n) is 2.43. The van der Waals surface area contributed by atoms with Crippen molar-refractivity contribution in [1.29, 1.82) is 0 Å². The third-order valence-electron chi connectivity index (χ3n) is 3.76. The molecule has 1 fully saturated rings. The molecular formula is C14H18F3N3O4S. The van der Waals surface area contributed by atoms with Gasteiger partial charge in [0.1, 0.15) is 5.75 Å². The monoisotopic (exact) mass is 381 g/mol. The molecular weight excluding hydrogens is 363 g/mol. The van der Waals surface area contributed by atoms with Crippen molar-refractivity contribution < 1.29 is 31.1 Å². The maximum absolute atomic E-state index is 12.1. The first-order chi connectivity index (χ1) is 11.6. The summed E-state index contributed by atoms with van der Waals surface area (Å²) in [4.78, 5) is 13.4. The third kappa shape index (κ3) is 5.49. The van der Waals surface area contributed by atoms with Crippen LogP contribution in [0, 0.1) is 0 Å². The van der Waals surface area contributed by atoms with Crippen molar-refractivity contribution in [2.75, 3.05) is 20.1 Å². The van der Waals surface area contributed by atoms with Gasteiger partial charge in [-0.1, -0.05) is 12.1 Å². The summed E-state index contributed by atoms with van der Waals surface area (Å²) in [5.41, 5.74) is 0.585. The summed E-state index contributed by atoms with van der Waals surface area (Å²) in [6.07, 6.45) is -4.41. The van der Waals surface area contributed by atoms with Crippen LogP contribution in [-0.4, -0.2) is 51.1 Å². The van der Waals surface area contributed by atoms with E-state index in [1.807, 2.05) is 0 Å². The molecule has 0 radical (unpaired) electrons. The van der Waals surface area contributed by atoms with E-state index in [0.29, 0.717) is 18.5 Å². The van der Waals surface area contributed by atoms with Gasteiger partial charge >= 0.3 is 12.4 Å². The second-order valence-electron chi connectivity index (χ2n) is 5.46. The highest BCUT2D eigenvalue weighted by Crippen LogP contribution is 2.22. The lowest BCUT2D eigenvalue weighted by Gasteiger charge is -2.17. The van der Waals surface area contributed by atoms with E-state index < -0.39 is 27.7 Å². The summed E-state index contributed by atoms with van der Waals surface area (Å²) in [7, 11) is -2.11. The summed E-state index contributed by atoms with van der Waals surface area (Å²) >= 11 is 0. The van der Waals surface area contributed by atoms with E-state index in [-0.39, 0.29) is 18.8 Å². The highest BCUT2D eigenvalue weighted by molar-refractivity contribution is 7.90. The number of amides is 2. The Morgan fingerprint density at radius 3 is 2.52 bits per heavy atom. The van der Waals surface area contributed by atoms with Crippen LogP contribution in [0.5, 0.6) is 5.75 Å². The Balaban J connectivity index is 1.84. The van der Waals surface area contributed by atoms with Crippen LogP contribution in [0.1, 0.15) is 12.0 Å². The van der Waals surface area contributed by atoms with E-state index in [1.54, 1.807) is 0 Å². The van der Waals surface area contributed by atoms with Crippen LogP contribution in [0.3, 0.4) is 0 Å². The summed E-state index contributed by atoms with van der Waals surface area (Å²) in [5.74, 6) is -0.345. The molecule has 140 valence electrons. The molecule has 0 saturated carbocycles. The molecule has 1 aliphatic heterocycles. The molecule has 1 aromatic carbocycles. The number of alkyl halides is 3. The van der Waals surface area contributed by atoms with Crippen molar-refractivity contribution >= 4 is 16.1 Å². The average molecular weight is 381 g/mol. The number of nitrogens with zero attached hydrogens (tertiary/aromatic N) is 1. The normalized spacial score (nSPS) is 18.2. The number of nitrogens with one attached hydrogen (secondary N) is 2. The number of hydrogen-bond donors (Lipinski definition) is 2.